The number of likely N-dealkylation sites (N-methyl/N-ethyl adjacent to an activating group) is 1. The van der Waals surface area contributed by atoms with E-state index in [2.05, 4.69) is 56.4 Å². The molecule has 0 spiro atoms. The van der Waals surface area contributed by atoms with Gasteiger partial charge in [0.15, 0.2) is 0 Å². The van der Waals surface area contributed by atoms with Crippen LogP contribution in [0.25, 0.3) is 0 Å². The van der Waals surface area contributed by atoms with Crippen molar-refractivity contribution in [1.82, 2.24) is 15.1 Å². The molecule has 1 saturated heterocycles. The zero-order chi connectivity index (χ0) is 27.6. The van der Waals surface area contributed by atoms with Crippen LogP contribution in [0.3, 0.4) is 0 Å². The molecule has 3 aromatic carbocycles. The smallest absolute Gasteiger partial charge is 0.115 e. The van der Waals surface area contributed by atoms with Gasteiger partial charge in [-0.05, 0) is 68.0 Å². The van der Waals surface area contributed by atoms with E-state index < -0.39 is 6.10 Å². The number of aromatic hydroxyl groups is 1. The molecule has 4 N–H and O–H groups in total. The summed E-state index contributed by atoms with van der Waals surface area (Å²) >= 11 is 8.12. The topological polar surface area (TPSA) is 82.4 Å². The molecular formula is C30H39ClN4O3S. The summed E-state index contributed by atoms with van der Waals surface area (Å²) in [5.41, 5.74) is 3.23. The first-order valence-corrected chi connectivity index (χ1v) is 14.7. The first-order chi connectivity index (χ1) is 19.0. The number of rotatable bonds is 9. The Labute approximate surface area is 241 Å². The lowest BCUT2D eigenvalue weighted by atomic mass is 10.1. The number of aliphatic hydroxyl groups excluding tert-OH is 2. The summed E-state index contributed by atoms with van der Waals surface area (Å²) in [4.78, 5) is 9.89. The number of phenols is 1. The fourth-order valence-corrected chi connectivity index (χ4v) is 6.16. The number of phenolic OH excluding ortho intramolecular Hbond substituents is 1. The molecule has 0 aliphatic carbocycles. The average molecular weight is 571 g/mol. The first-order valence-electron chi connectivity index (χ1n) is 13.5. The fourth-order valence-electron chi connectivity index (χ4n) is 4.92. The molecule has 39 heavy (non-hydrogen) atoms. The van der Waals surface area contributed by atoms with Gasteiger partial charge >= 0.3 is 0 Å². The van der Waals surface area contributed by atoms with E-state index >= 15 is 0 Å². The number of fused-ring (bicyclic) bond motifs is 2. The molecule has 3 aromatic rings. The van der Waals surface area contributed by atoms with Crippen molar-refractivity contribution in [3.05, 3.63) is 77.3 Å². The number of para-hydroxylation sites is 1. The van der Waals surface area contributed by atoms with Crippen molar-refractivity contribution < 1.29 is 15.3 Å². The zero-order valence-electron chi connectivity index (χ0n) is 22.5. The molecular weight excluding hydrogens is 532 g/mol. The zero-order valence-corrected chi connectivity index (χ0v) is 24.0. The van der Waals surface area contributed by atoms with E-state index in [0.717, 1.165) is 62.8 Å². The van der Waals surface area contributed by atoms with Gasteiger partial charge in [-0.2, -0.15) is 0 Å². The summed E-state index contributed by atoms with van der Waals surface area (Å²) < 4.78 is 0. The Kier molecular flexibility index (Phi) is 11.3. The highest BCUT2D eigenvalue weighted by atomic mass is 35.5. The number of hydrogen-bond acceptors (Lipinski definition) is 8. The maximum absolute atomic E-state index is 9.47. The van der Waals surface area contributed by atoms with Crippen LogP contribution in [0.4, 0.5) is 11.4 Å². The summed E-state index contributed by atoms with van der Waals surface area (Å²) in [7, 11) is 1.77. The number of β-amino-alcohol motifs (C(OH)–C–C–N with tert-alkyl or cyclic N) is 1. The summed E-state index contributed by atoms with van der Waals surface area (Å²) in [6, 6.07) is 21.5. The molecule has 0 bridgehead atoms. The lowest BCUT2D eigenvalue weighted by molar-refractivity contribution is 0.112. The number of nitrogens with one attached hydrogen (secondary N) is 1. The fraction of sp³-hybridized carbons (Fsp3) is 0.400. The summed E-state index contributed by atoms with van der Waals surface area (Å²) in [5.74, 6) is 0.183. The first kappa shape index (κ1) is 29.7. The van der Waals surface area contributed by atoms with E-state index in [1.54, 1.807) is 31.3 Å². The third-order valence-electron chi connectivity index (χ3n) is 6.98. The normalized spacial score (nSPS) is 16.2. The van der Waals surface area contributed by atoms with Crippen LogP contribution in [0.2, 0.25) is 5.02 Å². The summed E-state index contributed by atoms with van der Waals surface area (Å²) in [5, 5.41) is 31.3. The molecule has 7 nitrogen and oxygen atoms in total. The average Bonchev–Trinajstić information content (AvgIpc) is 2.94. The Balaban J connectivity index is 0.000000247. The molecule has 0 radical (unpaired) electrons. The Hall–Kier alpha value is -2.30. The van der Waals surface area contributed by atoms with Crippen LogP contribution < -0.4 is 10.2 Å². The number of aliphatic hydroxyl groups is 2. The van der Waals surface area contributed by atoms with Crippen molar-refractivity contribution in [3.63, 3.8) is 0 Å². The van der Waals surface area contributed by atoms with E-state index in [1.807, 2.05) is 17.8 Å². The van der Waals surface area contributed by atoms with E-state index in [0.29, 0.717) is 6.54 Å². The maximum atomic E-state index is 9.47. The Bertz CT molecular complexity index is 1190. The molecule has 2 heterocycles. The number of benzene rings is 3. The minimum atomic E-state index is -0.554. The summed E-state index contributed by atoms with van der Waals surface area (Å²) in [6.07, 6.45) is 0.562. The van der Waals surface area contributed by atoms with Gasteiger partial charge in [0.1, 0.15) is 5.75 Å². The van der Waals surface area contributed by atoms with Crippen LogP contribution in [-0.4, -0.2) is 91.1 Å². The largest absolute Gasteiger partial charge is 0.508 e. The predicted molar refractivity (Wildman–Crippen MR) is 161 cm³/mol. The molecule has 0 aromatic heterocycles. The highest BCUT2D eigenvalue weighted by Crippen LogP contribution is 2.48. The second kappa shape index (κ2) is 14.9. The highest BCUT2D eigenvalue weighted by Gasteiger charge is 2.24. The second-order valence-corrected chi connectivity index (χ2v) is 11.3. The SMILES string of the molecule is CNC[C@H](O)c1cccc(O)c1.OCCN1CCN(CCCN2c3ccccc3Sc3ccc(Cl)cc32)CC1. The van der Waals surface area contributed by atoms with Crippen molar-refractivity contribution in [3.8, 4) is 5.75 Å². The standard InChI is InChI=1S/C21H26ClN3OS.C9H13NO2/c22-17-6-7-21-19(16-17)25(18-4-1-2-5-20(18)27-21)9-3-8-23-10-12-24(13-11-23)14-15-26;1-10-6-9(12)7-3-2-4-8(11)5-7/h1-2,4-7,16,26H,3,8-15H2;2-5,9-12H,6H2,1H3/t;9-/m.0/s1. The van der Waals surface area contributed by atoms with Crippen LogP contribution in [-0.2, 0) is 0 Å². The van der Waals surface area contributed by atoms with E-state index in [1.165, 1.54) is 21.2 Å². The molecule has 0 saturated carbocycles. The Morgan fingerprint density at radius 3 is 2.31 bits per heavy atom. The van der Waals surface area contributed by atoms with Crippen LogP contribution >= 0.6 is 23.4 Å². The third kappa shape index (κ3) is 8.35. The second-order valence-electron chi connectivity index (χ2n) is 9.76. The van der Waals surface area contributed by atoms with Crippen LogP contribution in [0.5, 0.6) is 5.75 Å². The van der Waals surface area contributed by atoms with Crippen molar-refractivity contribution >= 4 is 34.7 Å². The minimum Gasteiger partial charge on any atom is -0.508 e. The van der Waals surface area contributed by atoms with Crippen molar-refractivity contribution in [2.24, 2.45) is 0 Å². The monoisotopic (exact) mass is 570 g/mol. The van der Waals surface area contributed by atoms with Crippen LogP contribution in [0.15, 0.2) is 76.5 Å². The van der Waals surface area contributed by atoms with E-state index in [9.17, 15) is 5.11 Å². The van der Waals surface area contributed by atoms with Gasteiger partial charge in [-0.15, -0.1) is 0 Å². The number of piperazine rings is 1. The van der Waals surface area contributed by atoms with Gasteiger partial charge in [-0.1, -0.05) is 47.6 Å². The molecule has 0 unspecified atom stereocenters. The quantitative estimate of drug-likeness (QED) is 0.297. The maximum Gasteiger partial charge on any atom is 0.115 e. The Morgan fingerprint density at radius 1 is 0.872 bits per heavy atom. The Morgan fingerprint density at radius 2 is 1.59 bits per heavy atom. The van der Waals surface area contributed by atoms with Gasteiger partial charge in [0.2, 0.25) is 0 Å². The molecule has 1 atom stereocenters. The summed E-state index contributed by atoms with van der Waals surface area (Å²) in [6.45, 7) is 7.94. The number of nitrogens with zero attached hydrogens (tertiary/aromatic N) is 3. The number of anilines is 2. The van der Waals surface area contributed by atoms with Gasteiger partial charge in [0.25, 0.3) is 0 Å². The molecule has 0 amide bonds. The lowest BCUT2D eigenvalue weighted by Gasteiger charge is -2.36. The van der Waals surface area contributed by atoms with Gasteiger partial charge < -0.3 is 30.4 Å². The van der Waals surface area contributed by atoms with Crippen molar-refractivity contribution in [2.75, 3.05) is 70.9 Å². The van der Waals surface area contributed by atoms with Gasteiger partial charge in [-0.25, -0.2) is 0 Å². The predicted octanol–water partition coefficient (Wildman–Crippen LogP) is 4.59. The minimum absolute atomic E-state index is 0.183. The lowest BCUT2D eigenvalue weighted by Crippen LogP contribution is -2.47. The van der Waals surface area contributed by atoms with Crippen LogP contribution in [0.1, 0.15) is 18.1 Å². The molecule has 2 aliphatic rings. The molecule has 210 valence electrons. The van der Waals surface area contributed by atoms with Crippen molar-refractivity contribution in [1.29, 1.82) is 0 Å². The van der Waals surface area contributed by atoms with E-state index in [-0.39, 0.29) is 12.4 Å². The number of halogens is 1. The third-order valence-corrected chi connectivity index (χ3v) is 8.34. The molecule has 2 aliphatic heterocycles. The van der Waals surface area contributed by atoms with Crippen LogP contribution in [0, 0.1) is 0 Å². The van der Waals surface area contributed by atoms with Gasteiger partial charge in [0, 0.05) is 60.6 Å². The number of hydrogen-bond donors (Lipinski definition) is 4. The van der Waals surface area contributed by atoms with E-state index in [4.69, 9.17) is 21.8 Å². The van der Waals surface area contributed by atoms with Gasteiger partial charge in [-0.3, -0.25) is 4.90 Å². The van der Waals surface area contributed by atoms with Gasteiger partial charge in [0.05, 0.1) is 24.1 Å². The highest BCUT2D eigenvalue weighted by molar-refractivity contribution is 7.99. The molecule has 1 fully saturated rings. The molecule has 9 heteroatoms. The molecule has 5 rings (SSSR count). The van der Waals surface area contributed by atoms with Crippen molar-refractivity contribution in [2.45, 2.75) is 22.3 Å².